The highest BCUT2D eigenvalue weighted by atomic mass is 16.5. The lowest BCUT2D eigenvalue weighted by molar-refractivity contribution is -0.118. The fourth-order valence-corrected chi connectivity index (χ4v) is 2.37. The summed E-state index contributed by atoms with van der Waals surface area (Å²) in [5, 5.41) is 3.07. The Morgan fingerprint density at radius 3 is 2.53 bits per heavy atom. The molecular weight excluding hydrogens is 240 g/mol. The summed E-state index contributed by atoms with van der Waals surface area (Å²) < 4.78 is 5.40. The van der Waals surface area contributed by atoms with Gasteiger partial charge in [0.1, 0.15) is 0 Å². The van der Waals surface area contributed by atoms with Gasteiger partial charge in [0, 0.05) is 30.7 Å². The van der Waals surface area contributed by atoms with Crippen LogP contribution in [0.3, 0.4) is 0 Å². The fraction of sp³-hybridized carbons (Fsp3) is 0.800. The zero-order valence-electron chi connectivity index (χ0n) is 12.8. The lowest BCUT2D eigenvalue weighted by atomic mass is 9.95. The van der Waals surface area contributed by atoms with E-state index in [0.29, 0.717) is 6.54 Å². The molecule has 1 aliphatic rings. The van der Waals surface area contributed by atoms with Crippen LogP contribution in [0, 0.1) is 0 Å². The van der Waals surface area contributed by atoms with Gasteiger partial charge in [-0.1, -0.05) is 19.9 Å². The number of allylic oxidation sites excluding steroid dienone is 1. The molecule has 0 radical (unpaired) electrons. The van der Waals surface area contributed by atoms with Crippen LogP contribution in [-0.2, 0) is 9.53 Å². The number of ether oxygens (including phenoxy) is 1. The van der Waals surface area contributed by atoms with Gasteiger partial charge in [-0.05, 0) is 26.7 Å². The van der Waals surface area contributed by atoms with Gasteiger partial charge in [-0.3, -0.25) is 9.69 Å². The Kier molecular flexibility index (Phi) is 6.52. The second kappa shape index (κ2) is 7.65. The van der Waals surface area contributed by atoms with Crippen molar-refractivity contribution in [2.75, 3.05) is 32.8 Å². The van der Waals surface area contributed by atoms with Crippen LogP contribution in [0.5, 0.6) is 0 Å². The Hall–Kier alpha value is -0.870. The summed E-state index contributed by atoms with van der Waals surface area (Å²) in [5.41, 5.74) is 0.828. The molecule has 0 aromatic heterocycles. The summed E-state index contributed by atoms with van der Waals surface area (Å²) in [6, 6.07) is 0. The highest BCUT2D eigenvalue weighted by Gasteiger charge is 2.31. The van der Waals surface area contributed by atoms with Crippen molar-refractivity contribution in [1.82, 2.24) is 10.2 Å². The van der Waals surface area contributed by atoms with E-state index in [-0.39, 0.29) is 11.4 Å². The van der Waals surface area contributed by atoms with Gasteiger partial charge >= 0.3 is 0 Å². The third kappa shape index (κ3) is 4.62. The first-order chi connectivity index (χ1) is 9.03. The van der Waals surface area contributed by atoms with E-state index in [1.54, 1.807) is 0 Å². The molecule has 1 rings (SSSR count). The number of carbonyl (C=O) groups is 1. The van der Waals surface area contributed by atoms with Gasteiger partial charge in [-0.25, -0.2) is 0 Å². The summed E-state index contributed by atoms with van der Waals surface area (Å²) in [6.07, 6.45) is 3.88. The van der Waals surface area contributed by atoms with Crippen LogP contribution in [0.25, 0.3) is 0 Å². The normalized spacial score (nSPS) is 20.9. The maximum absolute atomic E-state index is 12.0. The number of carbonyl (C=O) groups excluding carboxylic acids is 1. The van der Waals surface area contributed by atoms with Crippen molar-refractivity contribution in [3.05, 3.63) is 11.6 Å². The summed E-state index contributed by atoms with van der Waals surface area (Å²) >= 11 is 0. The van der Waals surface area contributed by atoms with Crippen LogP contribution in [0.15, 0.2) is 11.6 Å². The SMILES string of the molecule is CC/C=C(\C)C(=O)NC[C@@](C)(CC)N1CCOCC1. The zero-order valence-corrected chi connectivity index (χ0v) is 12.8. The van der Waals surface area contributed by atoms with Gasteiger partial charge in [-0.15, -0.1) is 0 Å². The first kappa shape index (κ1) is 16.2. The molecule has 0 aromatic rings. The maximum atomic E-state index is 12.0. The average molecular weight is 268 g/mol. The Morgan fingerprint density at radius 2 is 2.00 bits per heavy atom. The first-order valence-electron chi connectivity index (χ1n) is 7.31. The lowest BCUT2D eigenvalue weighted by Gasteiger charge is -2.43. The van der Waals surface area contributed by atoms with Gasteiger partial charge in [0.05, 0.1) is 13.2 Å². The van der Waals surface area contributed by atoms with Gasteiger partial charge in [0.2, 0.25) is 5.91 Å². The smallest absolute Gasteiger partial charge is 0.246 e. The molecule has 4 nitrogen and oxygen atoms in total. The number of nitrogens with zero attached hydrogens (tertiary/aromatic N) is 1. The highest BCUT2D eigenvalue weighted by Crippen LogP contribution is 2.20. The van der Waals surface area contributed by atoms with Gasteiger partial charge in [0.25, 0.3) is 0 Å². The molecule has 0 bridgehead atoms. The molecule has 1 atom stereocenters. The van der Waals surface area contributed by atoms with Crippen molar-refractivity contribution in [3.8, 4) is 0 Å². The minimum Gasteiger partial charge on any atom is -0.379 e. The van der Waals surface area contributed by atoms with Crippen LogP contribution in [0.2, 0.25) is 0 Å². The zero-order chi connectivity index (χ0) is 14.3. The van der Waals surface area contributed by atoms with Crippen LogP contribution in [-0.4, -0.2) is 49.2 Å². The Balaban J connectivity index is 2.55. The molecule has 1 fully saturated rings. The minimum atomic E-state index is 0.0198. The molecule has 0 aromatic carbocycles. The lowest BCUT2D eigenvalue weighted by Crippen LogP contribution is -2.56. The summed E-state index contributed by atoms with van der Waals surface area (Å²) in [6.45, 7) is 12.5. The topological polar surface area (TPSA) is 41.6 Å². The first-order valence-corrected chi connectivity index (χ1v) is 7.31. The van der Waals surface area contributed by atoms with Crippen molar-refractivity contribution in [2.45, 2.75) is 46.1 Å². The minimum absolute atomic E-state index is 0.0198. The number of morpholine rings is 1. The third-order valence-corrected chi connectivity index (χ3v) is 4.03. The third-order valence-electron chi connectivity index (χ3n) is 4.03. The van der Waals surface area contributed by atoms with Crippen molar-refractivity contribution in [1.29, 1.82) is 0 Å². The van der Waals surface area contributed by atoms with Crippen LogP contribution in [0.4, 0.5) is 0 Å². The molecule has 19 heavy (non-hydrogen) atoms. The van der Waals surface area contributed by atoms with E-state index < -0.39 is 0 Å². The van der Waals surface area contributed by atoms with E-state index in [2.05, 4.69) is 24.1 Å². The van der Waals surface area contributed by atoms with E-state index in [9.17, 15) is 4.79 Å². The van der Waals surface area contributed by atoms with Gasteiger partial charge in [0.15, 0.2) is 0 Å². The molecule has 1 aliphatic heterocycles. The van der Waals surface area contributed by atoms with Crippen LogP contribution in [0.1, 0.15) is 40.5 Å². The predicted octanol–water partition coefficient (Wildman–Crippen LogP) is 1.96. The standard InChI is InChI=1S/C15H28N2O2/c1-5-7-13(3)14(18)16-12-15(4,6-2)17-8-10-19-11-9-17/h7H,5-6,8-12H2,1-4H3,(H,16,18)/b13-7+/t15-/m1/s1. The van der Waals surface area contributed by atoms with E-state index in [1.807, 2.05) is 19.9 Å². The predicted molar refractivity (Wildman–Crippen MR) is 78.1 cm³/mol. The number of nitrogens with one attached hydrogen (secondary N) is 1. The number of hydrogen-bond acceptors (Lipinski definition) is 3. The molecular formula is C15H28N2O2. The Bertz CT molecular complexity index is 322. The Labute approximate surface area is 117 Å². The van der Waals surface area contributed by atoms with Crippen molar-refractivity contribution >= 4 is 5.91 Å². The van der Waals surface area contributed by atoms with E-state index in [0.717, 1.165) is 44.7 Å². The number of hydrogen-bond donors (Lipinski definition) is 1. The van der Waals surface area contributed by atoms with Crippen molar-refractivity contribution in [3.63, 3.8) is 0 Å². The fourth-order valence-electron chi connectivity index (χ4n) is 2.37. The van der Waals surface area contributed by atoms with Crippen LogP contribution >= 0.6 is 0 Å². The molecule has 110 valence electrons. The van der Waals surface area contributed by atoms with Crippen molar-refractivity contribution < 1.29 is 9.53 Å². The second-order valence-corrected chi connectivity index (χ2v) is 5.43. The highest BCUT2D eigenvalue weighted by molar-refractivity contribution is 5.92. The van der Waals surface area contributed by atoms with Gasteiger partial charge in [-0.2, -0.15) is 0 Å². The Morgan fingerprint density at radius 1 is 1.37 bits per heavy atom. The quantitative estimate of drug-likeness (QED) is 0.749. The van der Waals surface area contributed by atoms with Crippen molar-refractivity contribution in [2.24, 2.45) is 0 Å². The molecule has 4 heteroatoms. The maximum Gasteiger partial charge on any atom is 0.246 e. The van der Waals surface area contributed by atoms with E-state index in [1.165, 1.54) is 0 Å². The molecule has 0 spiro atoms. The molecule has 0 aliphatic carbocycles. The number of rotatable bonds is 6. The largest absolute Gasteiger partial charge is 0.379 e. The average Bonchev–Trinajstić information content (AvgIpc) is 2.45. The molecule has 1 amide bonds. The number of amides is 1. The van der Waals surface area contributed by atoms with E-state index in [4.69, 9.17) is 4.74 Å². The van der Waals surface area contributed by atoms with Gasteiger partial charge < -0.3 is 10.1 Å². The molecule has 1 saturated heterocycles. The molecule has 1 N–H and O–H groups in total. The molecule has 0 saturated carbocycles. The second-order valence-electron chi connectivity index (χ2n) is 5.43. The van der Waals surface area contributed by atoms with E-state index >= 15 is 0 Å². The summed E-state index contributed by atoms with van der Waals surface area (Å²) in [4.78, 5) is 14.4. The summed E-state index contributed by atoms with van der Waals surface area (Å²) in [7, 11) is 0. The summed E-state index contributed by atoms with van der Waals surface area (Å²) in [5.74, 6) is 0.0507. The van der Waals surface area contributed by atoms with Crippen LogP contribution < -0.4 is 5.32 Å². The molecule has 1 heterocycles. The monoisotopic (exact) mass is 268 g/mol. The molecule has 0 unspecified atom stereocenters.